The molecule has 1 saturated carbocycles. The molecule has 3 unspecified atom stereocenters. The van der Waals surface area contributed by atoms with E-state index in [1.807, 2.05) is 0 Å². The SMILES string of the molecule is CCCCNCN(CC)C(=O)c1[nH]cc(C(=O)NCC2CCC(F)CC2F)c(=O)c1O. The highest BCUT2D eigenvalue weighted by Gasteiger charge is 2.31. The second-order valence-corrected chi connectivity index (χ2v) is 7.82. The number of carbonyl (C=O) groups is 2. The maximum Gasteiger partial charge on any atom is 0.275 e. The van der Waals surface area contributed by atoms with Crippen molar-refractivity contribution in [1.82, 2.24) is 20.5 Å². The summed E-state index contributed by atoms with van der Waals surface area (Å²) in [7, 11) is 0. The number of unbranched alkanes of at least 4 members (excludes halogenated alkanes) is 1. The van der Waals surface area contributed by atoms with Crippen molar-refractivity contribution in [3.8, 4) is 5.75 Å². The van der Waals surface area contributed by atoms with Crippen molar-refractivity contribution in [3.05, 3.63) is 27.7 Å². The van der Waals surface area contributed by atoms with Gasteiger partial charge in [0, 0.05) is 31.6 Å². The van der Waals surface area contributed by atoms with Crippen LogP contribution in [0.5, 0.6) is 5.75 Å². The van der Waals surface area contributed by atoms with Crippen LogP contribution in [0.3, 0.4) is 0 Å². The summed E-state index contributed by atoms with van der Waals surface area (Å²) in [6.45, 7) is 5.12. The van der Waals surface area contributed by atoms with Crippen LogP contribution in [0.2, 0.25) is 0 Å². The number of alkyl halides is 2. The Morgan fingerprint density at radius 3 is 2.68 bits per heavy atom. The third kappa shape index (κ3) is 6.49. The van der Waals surface area contributed by atoms with Gasteiger partial charge in [-0.3, -0.25) is 19.7 Å². The molecule has 8 nitrogen and oxygen atoms in total. The lowest BCUT2D eigenvalue weighted by atomic mass is 9.86. The summed E-state index contributed by atoms with van der Waals surface area (Å²) in [4.78, 5) is 41.5. The summed E-state index contributed by atoms with van der Waals surface area (Å²) >= 11 is 0. The number of nitrogens with one attached hydrogen (secondary N) is 3. The molecule has 0 radical (unpaired) electrons. The molecular weight excluding hydrogens is 410 g/mol. The number of amides is 2. The van der Waals surface area contributed by atoms with Crippen molar-refractivity contribution in [2.45, 2.75) is 58.3 Å². The maximum absolute atomic E-state index is 13.9. The minimum absolute atomic E-state index is 0.0410. The largest absolute Gasteiger partial charge is 0.503 e. The molecule has 0 aliphatic heterocycles. The molecule has 1 aromatic rings. The third-order valence-electron chi connectivity index (χ3n) is 5.56. The molecule has 1 fully saturated rings. The van der Waals surface area contributed by atoms with Gasteiger partial charge in [-0.05, 0) is 32.7 Å². The van der Waals surface area contributed by atoms with E-state index >= 15 is 0 Å². The van der Waals surface area contributed by atoms with E-state index in [1.165, 1.54) is 4.90 Å². The lowest BCUT2D eigenvalue weighted by molar-refractivity contribution is 0.0740. The number of H-pyrrole nitrogens is 1. The average Bonchev–Trinajstić information content (AvgIpc) is 2.74. The number of nitrogens with zero attached hydrogens (tertiary/aromatic N) is 1. The Balaban J connectivity index is 2.04. The van der Waals surface area contributed by atoms with E-state index in [4.69, 9.17) is 0 Å². The molecule has 31 heavy (non-hydrogen) atoms. The van der Waals surface area contributed by atoms with Gasteiger partial charge in [-0.25, -0.2) is 8.78 Å². The fraction of sp³-hybridized carbons (Fsp3) is 0.667. The van der Waals surface area contributed by atoms with Crippen molar-refractivity contribution in [3.63, 3.8) is 0 Å². The van der Waals surface area contributed by atoms with Crippen molar-refractivity contribution < 1.29 is 23.5 Å². The van der Waals surface area contributed by atoms with E-state index < -0.39 is 41.3 Å². The zero-order valence-corrected chi connectivity index (χ0v) is 18.0. The lowest BCUT2D eigenvalue weighted by Crippen LogP contribution is -2.40. The zero-order valence-electron chi connectivity index (χ0n) is 18.0. The van der Waals surface area contributed by atoms with E-state index in [9.17, 15) is 28.3 Å². The average molecular weight is 443 g/mol. The Morgan fingerprint density at radius 1 is 1.29 bits per heavy atom. The predicted octanol–water partition coefficient (Wildman–Crippen LogP) is 2.10. The van der Waals surface area contributed by atoms with Crippen LogP contribution in [0.15, 0.2) is 11.0 Å². The van der Waals surface area contributed by atoms with Gasteiger partial charge in [-0.15, -0.1) is 0 Å². The Labute approximate surface area is 180 Å². The molecule has 174 valence electrons. The fourth-order valence-electron chi connectivity index (χ4n) is 3.53. The minimum Gasteiger partial charge on any atom is -0.503 e. The maximum atomic E-state index is 13.9. The number of aromatic nitrogens is 1. The second kappa shape index (κ2) is 11.8. The van der Waals surface area contributed by atoms with E-state index in [0.29, 0.717) is 13.0 Å². The van der Waals surface area contributed by atoms with Gasteiger partial charge in [0.1, 0.15) is 17.9 Å². The molecule has 0 spiro atoms. The Morgan fingerprint density at radius 2 is 2.03 bits per heavy atom. The monoisotopic (exact) mass is 442 g/mol. The quantitative estimate of drug-likeness (QED) is 0.327. The van der Waals surface area contributed by atoms with E-state index in [1.54, 1.807) is 6.92 Å². The van der Waals surface area contributed by atoms with Crippen molar-refractivity contribution in [1.29, 1.82) is 0 Å². The second-order valence-electron chi connectivity index (χ2n) is 7.82. The van der Waals surface area contributed by atoms with Crippen LogP contribution in [0.1, 0.15) is 66.8 Å². The van der Waals surface area contributed by atoms with Crippen LogP contribution in [0, 0.1) is 5.92 Å². The van der Waals surface area contributed by atoms with Crippen LogP contribution in [-0.2, 0) is 0 Å². The zero-order chi connectivity index (χ0) is 23.0. The number of pyridine rings is 1. The summed E-state index contributed by atoms with van der Waals surface area (Å²) in [6, 6.07) is 0. The van der Waals surface area contributed by atoms with Crippen LogP contribution in [0.4, 0.5) is 8.78 Å². The molecule has 4 N–H and O–H groups in total. The highest BCUT2D eigenvalue weighted by molar-refractivity contribution is 5.98. The number of aromatic hydroxyl groups is 1. The summed E-state index contributed by atoms with van der Waals surface area (Å²) < 4.78 is 27.2. The van der Waals surface area contributed by atoms with Gasteiger partial charge in [0.05, 0.1) is 6.67 Å². The van der Waals surface area contributed by atoms with Gasteiger partial charge < -0.3 is 20.3 Å². The Bertz CT molecular complexity index is 817. The molecule has 3 atom stereocenters. The molecule has 10 heteroatoms. The van der Waals surface area contributed by atoms with Gasteiger partial charge in [-0.1, -0.05) is 13.3 Å². The van der Waals surface area contributed by atoms with Crippen LogP contribution in [0.25, 0.3) is 0 Å². The van der Waals surface area contributed by atoms with Crippen molar-refractivity contribution >= 4 is 11.8 Å². The summed E-state index contributed by atoms with van der Waals surface area (Å²) in [5, 5.41) is 15.8. The van der Waals surface area contributed by atoms with E-state index in [-0.39, 0.29) is 37.3 Å². The molecule has 0 saturated heterocycles. The number of hydrogen-bond acceptors (Lipinski definition) is 5. The fourth-order valence-corrected chi connectivity index (χ4v) is 3.53. The van der Waals surface area contributed by atoms with E-state index in [2.05, 4.69) is 22.5 Å². The summed E-state index contributed by atoms with van der Waals surface area (Å²) in [5.41, 5.74) is -1.67. The molecule has 2 amide bonds. The van der Waals surface area contributed by atoms with E-state index in [0.717, 1.165) is 25.6 Å². The first-order valence-corrected chi connectivity index (χ1v) is 10.8. The van der Waals surface area contributed by atoms with Crippen molar-refractivity contribution in [2.24, 2.45) is 5.92 Å². The Kier molecular flexibility index (Phi) is 9.42. The molecule has 2 rings (SSSR count). The van der Waals surface area contributed by atoms with Crippen LogP contribution >= 0.6 is 0 Å². The van der Waals surface area contributed by atoms with Crippen LogP contribution in [-0.4, -0.2) is 65.5 Å². The highest BCUT2D eigenvalue weighted by Crippen LogP contribution is 2.28. The van der Waals surface area contributed by atoms with Gasteiger partial charge in [0.25, 0.3) is 11.8 Å². The number of rotatable bonds is 10. The predicted molar refractivity (Wildman–Crippen MR) is 113 cm³/mol. The van der Waals surface area contributed by atoms with Gasteiger partial charge >= 0.3 is 0 Å². The van der Waals surface area contributed by atoms with Gasteiger partial charge in [0.15, 0.2) is 11.4 Å². The molecule has 1 heterocycles. The van der Waals surface area contributed by atoms with Gasteiger partial charge in [-0.2, -0.15) is 0 Å². The number of halogens is 2. The molecule has 0 bridgehead atoms. The summed E-state index contributed by atoms with van der Waals surface area (Å²) in [5.74, 6) is -2.73. The topological polar surface area (TPSA) is 115 Å². The normalized spacial score (nSPS) is 21.0. The van der Waals surface area contributed by atoms with Gasteiger partial charge in [0.2, 0.25) is 5.43 Å². The molecule has 1 aliphatic rings. The number of carbonyl (C=O) groups excluding carboxylic acids is 2. The molecular formula is C21H32F2N4O4. The Hall–Kier alpha value is -2.49. The van der Waals surface area contributed by atoms with Crippen molar-refractivity contribution in [2.75, 3.05) is 26.3 Å². The first-order chi connectivity index (χ1) is 14.8. The smallest absolute Gasteiger partial charge is 0.275 e. The lowest BCUT2D eigenvalue weighted by Gasteiger charge is -2.28. The first-order valence-electron chi connectivity index (χ1n) is 10.8. The minimum atomic E-state index is -1.36. The third-order valence-corrected chi connectivity index (χ3v) is 5.56. The molecule has 0 aromatic carbocycles. The summed E-state index contributed by atoms with van der Waals surface area (Å²) in [6.07, 6.45) is 0.841. The molecule has 1 aromatic heterocycles. The number of hydrogen-bond donors (Lipinski definition) is 4. The number of aromatic amines is 1. The molecule has 1 aliphatic carbocycles. The highest BCUT2D eigenvalue weighted by atomic mass is 19.1. The van der Waals surface area contributed by atoms with Crippen LogP contribution < -0.4 is 16.1 Å². The first kappa shape index (κ1) is 24.8. The standard InChI is InChI=1S/C21H32F2N4O4/c1-3-5-8-24-12-27(4-2)21(31)17-19(29)18(28)15(11-25-17)20(30)26-10-13-6-7-14(22)9-16(13)23/h11,13-14,16,24,29H,3-10,12H2,1-2H3,(H,25,28)(H,26,30).